The molecule has 0 radical (unpaired) electrons. The number of halogens is 1. The van der Waals surface area contributed by atoms with Crippen LogP contribution < -0.4 is 0 Å². The summed E-state index contributed by atoms with van der Waals surface area (Å²) in [5.41, 5.74) is 1.05. The topological polar surface area (TPSA) is 35.5 Å². The third-order valence-electron chi connectivity index (χ3n) is 2.20. The molecule has 0 N–H and O–H groups in total. The van der Waals surface area contributed by atoms with Gasteiger partial charge >= 0.3 is 7.60 Å². The molecule has 0 aromatic heterocycles. The maximum absolute atomic E-state index is 12.8. The van der Waals surface area contributed by atoms with Crippen LogP contribution in [0.25, 0.3) is 0 Å². The second kappa shape index (κ2) is 8.66. The van der Waals surface area contributed by atoms with Crippen LogP contribution in [0.15, 0.2) is 24.3 Å². The molecule has 118 valence electrons. The molecule has 0 fully saturated rings. The summed E-state index contributed by atoms with van der Waals surface area (Å²) in [5.74, 6) is 0.600. The Kier molecular flexibility index (Phi) is 7.90. The van der Waals surface area contributed by atoms with Gasteiger partial charge in [0, 0.05) is 10.8 Å². The van der Waals surface area contributed by atoms with Crippen molar-refractivity contribution in [2.24, 2.45) is 0 Å². The molecular weight excluding hydrogens is 347 g/mol. The van der Waals surface area contributed by atoms with Crippen molar-refractivity contribution in [2.45, 2.75) is 45.7 Å². The molecule has 0 saturated carbocycles. The van der Waals surface area contributed by atoms with E-state index in [1.165, 1.54) is 11.8 Å². The molecule has 0 bridgehead atoms. The first-order valence-corrected chi connectivity index (χ1v) is 9.93. The second-order valence-corrected chi connectivity index (χ2v) is 9.54. The van der Waals surface area contributed by atoms with Crippen molar-refractivity contribution >= 4 is 47.1 Å². The van der Waals surface area contributed by atoms with E-state index in [4.69, 9.17) is 32.9 Å². The van der Waals surface area contributed by atoms with Crippen LogP contribution in [0.4, 0.5) is 0 Å². The Balaban J connectivity index is 2.72. The molecule has 0 aliphatic rings. The molecule has 0 amide bonds. The highest BCUT2D eigenvalue weighted by molar-refractivity contribution is 8.35. The van der Waals surface area contributed by atoms with Gasteiger partial charge in [-0.3, -0.25) is 4.57 Å². The summed E-state index contributed by atoms with van der Waals surface area (Å²) in [6.07, 6.45) is -0.438. The Labute approximate surface area is 141 Å². The van der Waals surface area contributed by atoms with Gasteiger partial charge in [-0.2, -0.15) is 0 Å². The fourth-order valence-electron chi connectivity index (χ4n) is 1.47. The van der Waals surface area contributed by atoms with E-state index in [1.807, 2.05) is 52.0 Å². The van der Waals surface area contributed by atoms with Gasteiger partial charge in [-0.25, -0.2) is 0 Å². The molecule has 0 aliphatic heterocycles. The first-order valence-electron chi connectivity index (χ1n) is 6.61. The van der Waals surface area contributed by atoms with Crippen molar-refractivity contribution in [2.75, 3.05) is 0 Å². The summed E-state index contributed by atoms with van der Waals surface area (Å²) in [6, 6.07) is 7.45. The summed E-state index contributed by atoms with van der Waals surface area (Å²) < 4.78 is 24.0. The van der Waals surface area contributed by atoms with Gasteiger partial charge in [0.1, 0.15) is 0 Å². The maximum atomic E-state index is 12.8. The Bertz CT molecular complexity index is 503. The first-order chi connectivity index (χ1) is 9.73. The normalized spacial score (nSPS) is 12.1. The Morgan fingerprint density at radius 2 is 1.67 bits per heavy atom. The molecule has 21 heavy (non-hydrogen) atoms. The predicted octanol–water partition coefficient (Wildman–Crippen LogP) is 5.90. The van der Waals surface area contributed by atoms with Gasteiger partial charge in [0.2, 0.25) is 0 Å². The standard InChI is InChI=1S/C14H20ClO3PS2/c1-10(2)17-19(16,18-11(3)4)14(20)21-9-12-5-7-13(15)8-6-12/h5-8,10-11H,9H2,1-4H3. The van der Waals surface area contributed by atoms with Crippen LogP contribution in [0.2, 0.25) is 5.02 Å². The van der Waals surface area contributed by atoms with Crippen LogP contribution in [0.1, 0.15) is 33.3 Å². The van der Waals surface area contributed by atoms with E-state index in [1.54, 1.807) is 0 Å². The number of thiocarbonyl (C=S) groups is 1. The summed E-state index contributed by atoms with van der Waals surface area (Å²) in [6.45, 7) is 7.23. The number of rotatable bonds is 7. The van der Waals surface area contributed by atoms with Crippen LogP contribution in [0.3, 0.4) is 0 Å². The fraction of sp³-hybridized carbons (Fsp3) is 0.500. The number of thioether (sulfide) groups is 1. The summed E-state index contributed by atoms with van der Waals surface area (Å²) >= 11 is 12.4. The van der Waals surface area contributed by atoms with Gasteiger partial charge in [0.05, 0.1) is 12.2 Å². The molecule has 0 saturated heterocycles. The average Bonchev–Trinajstić information content (AvgIpc) is 2.35. The van der Waals surface area contributed by atoms with E-state index in [0.717, 1.165) is 5.56 Å². The Morgan fingerprint density at radius 3 is 2.10 bits per heavy atom. The SMILES string of the molecule is CC(C)OP(=O)(OC(C)C)C(=S)SCc1ccc(Cl)cc1. The van der Waals surface area contributed by atoms with E-state index in [9.17, 15) is 4.57 Å². The lowest BCUT2D eigenvalue weighted by molar-refractivity contribution is 0.153. The Morgan fingerprint density at radius 1 is 1.19 bits per heavy atom. The van der Waals surface area contributed by atoms with Gasteiger partial charge in [0.15, 0.2) is 3.94 Å². The summed E-state index contributed by atoms with van der Waals surface area (Å²) in [7, 11) is -3.40. The number of benzene rings is 1. The summed E-state index contributed by atoms with van der Waals surface area (Å²) in [5, 5.41) is 0.684. The second-order valence-electron chi connectivity index (χ2n) is 4.99. The fourth-order valence-corrected chi connectivity index (χ4v) is 4.93. The lowest BCUT2D eigenvalue weighted by atomic mass is 10.2. The summed E-state index contributed by atoms with van der Waals surface area (Å²) in [4.78, 5) is 0. The van der Waals surface area contributed by atoms with E-state index < -0.39 is 7.60 Å². The van der Waals surface area contributed by atoms with E-state index >= 15 is 0 Å². The van der Waals surface area contributed by atoms with Crippen LogP contribution in [0.5, 0.6) is 0 Å². The van der Waals surface area contributed by atoms with Crippen LogP contribution in [-0.4, -0.2) is 16.1 Å². The minimum absolute atomic E-state index is 0.219. The van der Waals surface area contributed by atoms with E-state index in [0.29, 0.717) is 10.8 Å². The zero-order valence-corrected chi connectivity index (χ0v) is 15.8. The van der Waals surface area contributed by atoms with Crippen molar-refractivity contribution in [1.82, 2.24) is 0 Å². The molecule has 7 heteroatoms. The molecule has 0 aliphatic carbocycles. The highest BCUT2D eigenvalue weighted by Crippen LogP contribution is 2.55. The number of hydrogen-bond donors (Lipinski definition) is 0. The van der Waals surface area contributed by atoms with Gasteiger partial charge < -0.3 is 9.05 Å². The van der Waals surface area contributed by atoms with Gasteiger partial charge in [-0.15, -0.1) is 11.8 Å². The van der Waals surface area contributed by atoms with Crippen LogP contribution in [0, 0.1) is 0 Å². The molecule has 1 rings (SSSR count). The zero-order chi connectivity index (χ0) is 16.0. The third kappa shape index (κ3) is 6.81. The third-order valence-corrected chi connectivity index (χ3v) is 7.10. The average molecular weight is 367 g/mol. The monoisotopic (exact) mass is 366 g/mol. The van der Waals surface area contributed by atoms with Crippen molar-refractivity contribution < 1.29 is 13.6 Å². The minimum atomic E-state index is -3.40. The molecular formula is C14H20ClO3PS2. The van der Waals surface area contributed by atoms with E-state index in [2.05, 4.69) is 0 Å². The van der Waals surface area contributed by atoms with Crippen LogP contribution in [-0.2, 0) is 19.4 Å². The Hall–Kier alpha value is 0.1000. The molecule has 1 aromatic rings. The highest BCUT2D eigenvalue weighted by atomic mass is 35.5. The maximum Gasteiger partial charge on any atom is 0.378 e. The zero-order valence-electron chi connectivity index (χ0n) is 12.5. The quantitative estimate of drug-likeness (QED) is 0.443. The van der Waals surface area contributed by atoms with Crippen LogP contribution >= 0.6 is 43.2 Å². The minimum Gasteiger partial charge on any atom is -0.302 e. The number of hydrogen-bond acceptors (Lipinski definition) is 5. The van der Waals surface area contributed by atoms with Gasteiger partial charge in [0.25, 0.3) is 0 Å². The molecule has 0 spiro atoms. The predicted molar refractivity (Wildman–Crippen MR) is 95.4 cm³/mol. The smallest absolute Gasteiger partial charge is 0.302 e. The van der Waals surface area contributed by atoms with E-state index in [-0.39, 0.29) is 16.1 Å². The lowest BCUT2D eigenvalue weighted by Crippen LogP contribution is -2.11. The molecule has 0 unspecified atom stereocenters. The van der Waals surface area contributed by atoms with Crippen molar-refractivity contribution in [3.8, 4) is 0 Å². The lowest BCUT2D eigenvalue weighted by Gasteiger charge is -2.22. The molecule has 3 nitrogen and oxygen atoms in total. The van der Waals surface area contributed by atoms with Gasteiger partial charge in [-0.05, 0) is 45.4 Å². The van der Waals surface area contributed by atoms with Crippen molar-refractivity contribution in [3.05, 3.63) is 34.9 Å². The largest absolute Gasteiger partial charge is 0.378 e. The molecule has 1 aromatic carbocycles. The first kappa shape index (κ1) is 19.1. The van der Waals surface area contributed by atoms with Crippen molar-refractivity contribution in [3.63, 3.8) is 0 Å². The molecule has 0 atom stereocenters. The molecule has 0 heterocycles. The van der Waals surface area contributed by atoms with Gasteiger partial charge in [-0.1, -0.05) is 36.0 Å². The highest BCUT2D eigenvalue weighted by Gasteiger charge is 2.33. The van der Waals surface area contributed by atoms with Crippen molar-refractivity contribution in [1.29, 1.82) is 0 Å².